The molecule has 90 valence electrons. The Morgan fingerprint density at radius 1 is 1.62 bits per heavy atom. The molecule has 1 aromatic heterocycles. The summed E-state index contributed by atoms with van der Waals surface area (Å²) in [5.41, 5.74) is -1.68. The van der Waals surface area contributed by atoms with Gasteiger partial charge in [-0.15, -0.1) is 11.3 Å². The fourth-order valence-electron chi connectivity index (χ4n) is 1.43. The summed E-state index contributed by atoms with van der Waals surface area (Å²) in [6.07, 6.45) is 0.879. The summed E-state index contributed by atoms with van der Waals surface area (Å²) in [7, 11) is 1.81. The van der Waals surface area contributed by atoms with Crippen LogP contribution in [0.15, 0.2) is 17.5 Å². The molecule has 0 spiro atoms. The third kappa shape index (κ3) is 3.92. The van der Waals surface area contributed by atoms with Crippen LogP contribution in [0.5, 0.6) is 0 Å². The second-order valence-electron chi connectivity index (χ2n) is 4.15. The van der Waals surface area contributed by atoms with E-state index in [4.69, 9.17) is 5.11 Å². The first-order valence-electron chi connectivity index (χ1n) is 5.08. The summed E-state index contributed by atoms with van der Waals surface area (Å²) in [5.74, 6) is -1.18. The Kier molecular flexibility index (Phi) is 4.46. The average Bonchev–Trinajstić information content (AvgIpc) is 2.66. The molecule has 0 amide bonds. The first-order valence-corrected chi connectivity index (χ1v) is 5.96. The molecular weight excluding hydrogens is 226 g/mol. The van der Waals surface area contributed by atoms with E-state index in [-0.39, 0.29) is 6.54 Å². The lowest BCUT2D eigenvalue weighted by atomic mass is 10.1. The number of carbonyl (C=O) groups is 1. The predicted octanol–water partition coefficient (Wildman–Crippen LogP) is 1.06. The molecule has 1 unspecified atom stereocenters. The van der Waals surface area contributed by atoms with Crippen LogP contribution in [0.1, 0.15) is 11.8 Å². The molecule has 0 saturated carbocycles. The number of hydrogen-bond acceptors (Lipinski definition) is 4. The number of aliphatic hydroxyl groups is 1. The van der Waals surface area contributed by atoms with Gasteiger partial charge in [-0.05, 0) is 31.8 Å². The maximum atomic E-state index is 10.7. The number of hydrogen-bond donors (Lipinski definition) is 2. The van der Waals surface area contributed by atoms with Crippen molar-refractivity contribution in [2.24, 2.45) is 0 Å². The molecule has 16 heavy (non-hydrogen) atoms. The number of nitrogens with zero attached hydrogens (tertiary/aromatic N) is 1. The summed E-state index contributed by atoms with van der Waals surface area (Å²) in [4.78, 5) is 13.8. The molecule has 0 radical (unpaired) electrons. The summed E-state index contributed by atoms with van der Waals surface area (Å²) in [5, 5.41) is 20.4. The smallest absolute Gasteiger partial charge is 0.336 e. The van der Waals surface area contributed by atoms with Crippen LogP contribution < -0.4 is 0 Å². The number of likely N-dealkylation sites (N-methyl/N-ethyl adjacent to an activating group) is 1. The van der Waals surface area contributed by atoms with Crippen molar-refractivity contribution in [1.29, 1.82) is 0 Å². The maximum absolute atomic E-state index is 10.7. The van der Waals surface area contributed by atoms with Crippen molar-refractivity contribution < 1.29 is 15.0 Å². The van der Waals surface area contributed by atoms with Crippen LogP contribution in [0.3, 0.4) is 0 Å². The van der Waals surface area contributed by atoms with Gasteiger partial charge in [-0.3, -0.25) is 0 Å². The second kappa shape index (κ2) is 5.43. The maximum Gasteiger partial charge on any atom is 0.336 e. The molecule has 5 heteroatoms. The van der Waals surface area contributed by atoms with Crippen molar-refractivity contribution in [2.75, 3.05) is 20.1 Å². The van der Waals surface area contributed by atoms with E-state index in [1.807, 2.05) is 29.5 Å². The number of aliphatic carboxylic acids is 1. The van der Waals surface area contributed by atoms with Crippen molar-refractivity contribution >= 4 is 17.3 Å². The monoisotopic (exact) mass is 243 g/mol. The molecule has 1 rings (SSSR count). The average molecular weight is 243 g/mol. The second-order valence-corrected chi connectivity index (χ2v) is 5.18. The lowest BCUT2D eigenvalue weighted by Crippen LogP contribution is -2.45. The highest BCUT2D eigenvalue weighted by atomic mass is 32.1. The van der Waals surface area contributed by atoms with Gasteiger partial charge in [-0.2, -0.15) is 0 Å². The molecule has 0 fully saturated rings. The zero-order chi connectivity index (χ0) is 12.2. The molecular formula is C11H17NO3S. The highest BCUT2D eigenvalue weighted by Gasteiger charge is 2.30. The molecule has 0 aromatic carbocycles. The molecule has 1 atom stereocenters. The summed E-state index contributed by atoms with van der Waals surface area (Å²) >= 11 is 1.68. The molecule has 2 N–H and O–H groups in total. The van der Waals surface area contributed by atoms with Gasteiger partial charge >= 0.3 is 5.97 Å². The van der Waals surface area contributed by atoms with Gasteiger partial charge in [0.15, 0.2) is 5.60 Å². The Hall–Kier alpha value is -0.910. The number of carboxylic acids is 1. The Morgan fingerprint density at radius 3 is 2.81 bits per heavy atom. The quantitative estimate of drug-likeness (QED) is 0.784. The van der Waals surface area contributed by atoms with Crippen LogP contribution in [0, 0.1) is 0 Å². The van der Waals surface area contributed by atoms with Crippen molar-refractivity contribution in [3.05, 3.63) is 22.4 Å². The lowest BCUT2D eigenvalue weighted by molar-refractivity contribution is -0.158. The summed E-state index contributed by atoms with van der Waals surface area (Å²) in [6, 6.07) is 4.04. The molecule has 0 aliphatic carbocycles. The van der Waals surface area contributed by atoms with Crippen LogP contribution in [0.4, 0.5) is 0 Å². The molecule has 0 bridgehead atoms. The van der Waals surface area contributed by atoms with Crippen molar-refractivity contribution in [2.45, 2.75) is 18.9 Å². The van der Waals surface area contributed by atoms with E-state index < -0.39 is 11.6 Å². The molecule has 4 nitrogen and oxygen atoms in total. The standard InChI is InChI=1S/C11H17NO3S/c1-11(15,10(13)14)8-12(2)6-5-9-4-3-7-16-9/h3-4,7,15H,5-6,8H2,1-2H3,(H,13,14). The van der Waals surface area contributed by atoms with Gasteiger partial charge in [-0.25, -0.2) is 4.79 Å². The Balaban J connectivity index is 2.36. The topological polar surface area (TPSA) is 60.8 Å². The lowest BCUT2D eigenvalue weighted by Gasteiger charge is -2.25. The van der Waals surface area contributed by atoms with Gasteiger partial charge in [0.1, 0.15) is 0 Å². The minimum atomic E-state index is -1.68. The van der Waals surface area contributed by atoms with Gasteiger partial charge in [0.05, 0.1) is 0 Å². The van der Waals surface area contributed by atoms with E-state index in [0.717, 1.165) is 13.0 Å². The largest absolute Gasteiger partial charge is 0.479 e. The molecule has 0 aliphatic rings. The zero-order valence-electron chi connectivity index (χ0n) is 9.51. The SMILES string of the molecule is CN(CCc1cccs1)CC(C)(O)C(=O)O. The fourth-order valence-corrected chi connectivity index (χ4v) is 2.13. The van der Waals surface area contributed by atoms with E-state index in [2.05, 4.69) is 0 Å². The summed E-state index contributed by atoms with van der Waals surface area (Å²) < 4.78 is 0. The highest BCUT2D eigenvalue weighted by molar-refractivity contribution is 7.09. The van der Waals surface area contributed by atoms with Crippen LogP contribution in [0.2, 0.25) is 0 Å². The Labute approximate surface area is 99.1 Å². The van der Waals surface area contributed by atoms with E-state index in [1.165, 1.54) is 11.8 Å². The Morgan fingerprint density at radius 2 is 2.31 bits per heavy atom. The molecule has 0 aliphatic heterocycles. The third-order valence-electron chi connectivity index (χ3n) is 2.36. The normalized spacial score (nSPS) is 15.0. The number of thiophene rings is 1. The minimum Gasteiger partial charge on any atom is -0.479 e. The van der Waals surface area contributed by atoms with Gasteiger partial charge in [-0.1, -0.05) is 6.07 Å². The predicted molar refractivity (Wildman–Crippen MR) is 63.8 cm³/mol. The molecule has 0 saturated heterocycles. The highest BCUT2D eigenvalue weighted by Crippen LogP contribution is 2.11. The molecule has 1 aromatic rings. The van der Waals surface area contributed by atoms with Crippen molar-refractivity contribution in [1.82, 2.24) is 4.90 Å². The number of rotatable bonds is 6. The Bertz CT molecular complexity index is 335. The van der Waals surface area contributed by atoms with Crippen molar-refractivity contribution in [3.63, 3.8) is 0 Å². The molecule has 1 heterocycles. The number of carboxylic acid groups (broad SMARTS) is 1. The first-order chi connectivity index (χ1) is 7.42. The third-order valence-corrected chi connectivity index (χ3v) is 3.29. The summed E-state index contributed by atoms with van der Waals surface area (Å²) in [6.45, 7) is 2.19. The van der Waals surface area contributed by atoms with Crippen LogP contribution in [-0.2, 0) is 11.2 Å². The van der Waals surface area contributed by atoms with E-state index in [1.54, 1.807) is 11.3 Å². The van der Waals surface area contributed by atoms with Gasteiger partial charge in [0, 0.05) is 18.0 Å². The zero-order valence-corrected chi connectivity index (χ0v) is 10.3. The van der Waals surface area contributed by atoms with Gasteiger partial charge in [0.2, 0.25) is 0 Å². The van der Waals surface area contributed by atoms with Crippen LogP contribution in [-0.4, -0.2) is 46.8 Å². The van der Waals surface area contributed by atoms with E-state index in [9.17, 15) is 9.90 Å². The van der Waals surface area contributed by atoms with Gasteiger partial charge in [0.25, 0.3) is 0 Å². The fraction of sp³-hybridized carbons (Fsp3) is 0.545. The van der Waals surface area contributed by atoms with Crippen molar-refractivity contribution in [3.8, 4) is 0 Å². The van der Waals surface area contributed by atoms with Gasteiger partial charge < -0.3 is 15.1 Å². The first kappa shape index (κ1) is 13.2. The van der Waals surface area contributed by atoms with E-state index >= 15 is 0 Å². The van der Waals surface area contributed by atoms with Crippen LogP contribution in [0.25, 0.3) is 0 Å². The minimum absolute atomic E-state index is 0.133. The van der Waals surface area contributed by atoms with Crippen LogP contribution >= 0.6 is 11.3 Å². The van der Waals surface area contributed by atoms with E-state index in [0.29, 0.717) is 0 Å².